The molecule has 5 nitrogen and oxygen atoms in total. The molecule has 0 fully saturated rings. The number of ether oxygens (including phenoxy) is 1. The summed E-state index contributed by atoms with van der Waals surface area (Å²) in [6.45, 7) is 7.03. The van der Waals surface area contributed by atoms with Gasteiger partial charge in [-0.15, -0.1) is 0 Å². The Bertz CT molecular complexity index is 993. The molecule has 2 aromatic carbocycles. The van der Waals surface area contributed by atoms with Crippen molar-refractivity contribution in [1.82, 2.24) is 14.9 Å². The van der Waals surface area contributed by atoms with Crippen molar-refractivity contribution in [3.8, 4) is 5.69 Å². The fraction of sp³-hybridized carbons (Fsp3) is 0.300. The van der Waals surface area contributed by atoms with Gasteiger partial charge in [-0.05, 0) is 58.0 Å². The van der Waals surface area contributed by atoms with Gasteiger partial charge in [-0.3, -0.25) is 4.57 Å². The predicted octanol–water partition coefficient (Wildman–Crippen LogP) is 4.89. The second-order valence-corrected chi connectivity index (χ2v) is 7.29. The van der Waals surface area contributed by atoms with Crippen LogP contribution in [0.1, 0.15) is 39.6 Å². The van der Waals surface area contributed by atoms with Gasteiger partial charge in [-0.2, -0.15) is 0 Å². The summed E-state index contributed by atoms with van der Waals surface area (Å²) in [5, 5.41) is 2.72. The molecular weight excluding hydrogens is 352 g/mol. The highest BCUT2D eigenvalue weighted by Crippen LogP contribution is 2.26. The van der Waals surface area contributed by atoms with Crippen LogP contribution in [-0.4, -0.2) is 21.2 Å². The number of rotatable bonds is 3. The number of aromatic nitrogens is 2. The number of nitrogens with zero attached hydrogens (tertiary/aromatic N) is 2. The van der Waals surface area contributed by atoms with Crippen molar-refractivity contribution in [2.24, 2.45) is 0 Å². The minimum atomic E-state index is -0.643. The Labute approximate surface area is 156 Å². The van der Waals surface area contributed by atoms with Crippen LogP contribution in [0.5, 0.6) is 0 Å². The van der Waals surface area contributed by atoms with Crippen molar-refractivity contribution in [3.63, 3.8) is 0 Å². The van der Waals surface area contributed by atoms with E-state index < -0.39 is 29.4 Å². The van der Waals surface area contributed by atoms with Gasteiger partial charge in [0.25, 0.3) is 0 Å². The first-order valence-electron chi connectivity index (χ1n) is 8.57. The summed E-state index contributed by atoms with van der Waals surface area (Å²) in [5.41, 5.74) is 0.855. The molecule has 0 radical (unpaired) electrons. The Morgan fingerprint density at radius 2 is 1.85 bits per heavy atom. The minimum Gasteiger partial charge on any atom is -0.444 e. The summed E-state index contributed by atoms with van der Waals surface area (Å²) in [5.74, 6) is -0.420. The lowest BCUT2D eigenvalue weighted by atomic mass is 10.2. The van der Waals surface area contributed by atoms with Gasteiger partial charge in [-0.25, -0.2) is 18.6 Å². The second-order valence-electron chi connectivity index (χ2n) is 7.29. The fourth-order valence-electron chi connectivity index (χ4n) is 2.79. The highest BCUT2D eigenvalue weighted by atomic mass is 19.1. The zero-order valence-electron chi connectivity index (χ0n) is 15.6. The van der Waals surface area contributed by atoms with Crippen LogP contribution in [0.15, 0.2) is 42.5 Å². The molecule has 3 aromatic rings. The number of benzene rings is 2. The zero-order valence-corrected chi connectivity index (χ0v) is 15.6. The smallest absolute Gasteiger partial charge is 0.408 e. The van der Waals surface area contributed by atoms with Crippen LogP contribution in [0, 0.1) is 11.6 Å². The van der Waals surface area contributed by atoms with Crippen LogP contribution < -0.4 is 5.32 Å². The van der Waals surface area contributed by atoms with E-state index in [4.69, 9.17) is 4.74 Å². The summed E-state index contributed by atoms with van der Waals surface area (Å²) >= 11 is 0. The molecule has 1 aromatic heterocycles. The standard InChI is InChI=1S/C20H21F2N3O2/c1-12(23-19(26)27-20(2,3)4)18-24-16-9-8-14(22)11-17(16)25(18)15-7-5-6-13(21)10-15/h5-12H,1-4H3,(H,23,26). The highest BCUT2D eigenvalue weighted by molar-refractivity contribution is 5.79. The third-order valence-electron chi connectivity index (χ3n) is 3.83. The third kappa shape index (κ3) is 4.24. The molecule has 1 amide bonds. The fourth-order valence-corrected chi connectivity index (χ4v) is 2.79. The third-order valence-corrected chi connectivity index (χ3v) is 3.83. The predicted molar refractivity (Wildman–Crippen MR) is 98.8 cm³/mol. The molecule has 7 heteroatoms. The van der Waals surface area contributed by atoms with E-state index in [2.05, 4.69) is 10.3 Å². The van der Waals surface area contributed by atoms with Crippen molar-refractivity contribution < 1.29 is 18.3 Å². The molecule has 0 aliphatic heterocycles. The monoisotopic (exact) mass is 373 g/mol. The SMILES string of the molecule is CC(NC(=O)OC(C)(C)C)c1nc2ccc(F)cc2n1-c1cccc(F)c1. The number of alkyl carbamates (subject to hydrolysis) is 1. The van der Waals surface area contributed by atoms with Gasteiger partial charge >= 0.3 is 6.09 Å². The molecule has 0 spiro atoms. The molecule has 0 aliphatic rings. The molecule has 27 heavy (non-hydrogen) atoms. The Kier molecular flexibility index (Phi) is 4.87. The van der Waals surface area contributed by atoms with E-state index in [-0.39, 0.29) is 0 Å². The first-order chi connectivity index (χ1) is 12.6. The van der Waals surface area contributed by atoms with Crippen molar-refractivity contribution >= 4 is 17.1 Å². The Morgan fingerprint density at radius 3 is 2.52 bits per heavy atom. The van der Waals surface area contributed by atoms with E-state index >= 15 is 0 Å². The number of nitrogens with one attached hydrogen (secondary N) is 1. The van der Waals surface area contributed by atoms with E-state index in [9.17, 15) is 13.6 Å². The minimum absolute atomic E-state index is 0.426. The normalized spacial score (nSPS) is 12.8. The van der Waals surface area contributed by atoms with Crippen molar-refractivity contribution in [2.45, 2.75) is 39.3 Å². The molecule has 0 saturated heterocycles. The Hall–Kier alpha value is -2.96. The molecule has 0 aliphatic carbocycles. The van der Waals surface area contributed by atoms with Gasteiger partial charge in [0.2, 0.25) is 0 Å². The van der Waals surface area contributed by atoms with Crippen LogP contribution in [0.3, 0.4) is 0 Å². The van der Waals surface area contributed by atoms with Crippen LogP contribution in [0.25, 0.3) is 16.7 Å². The molecule has 142 valence electrons. The summed E-state index contributed by atoms with van der Waals surface area (Å²) in [7, 11) is 0. The van der Waals surface area contributed by atoms with Gasteiger partial charge < -0.3 is 10.1 Å². The number of carbonyl (C=O) groups is 1. The lowest BCUT2D eigenvalue weighted by Gasteiger charge is -2.22. The second kappa shape index (κ2) is 6.98. The van der Waals surface area contributed by atoms with E-state index in [1.165, 1.54) is 24.3 Å². The summed E-state index contributed by atoms with van der Waals surface area (Å²) < 4.78 is 34.5. The van der Waals surface area contributed by atoms with Gasteiger partial charge in [0, 0.05) is 6.07 Å². The van der Waals surface area contributed by atoms with Crippen LogP contribution in [0.4, 0.5) is 13.6 Å². The van der Waals surface area contributed by atoms with Crippen molar-refractivity contribution in [3.05, 3.63) is 59.9 Å². The number of imidazole rings is 1. The highest BCUT2D eigenvalue weighted by Gasteiger charge is 2.23. The molecule has 0 saturated carbocycles. The molecule has 1 heterocycles. The Balaban J connectivity index is 2.07. The maximum absolute atomic E-state index is 13.8. The lowest BCUT2D eigenvalue weighted by Crippen LogP contribution is -2.34. The number of fused-ring (bicyclic) bond motifs is 1. The average molecular weight is 373 g/mol. The topological polar surface area (TPSA) is 56.1 Å². The van der Waals surface area contributed by atoms with E-state index in [0.29, 0.717) is 22.5 Å². The number of hydrogen-bond donors (Lipinski definition) is 1. The van der Waals surface area contributed by atoms with E-state index in [1.54, 1.807) is 50.5 Å². The largest absolute Gasteiger partial charge is 0.444 e. The first kappa shape index (κ1) is 18.8. The maximum Gasteiger partial charge on any atom is 0.408 e. The first-order valence-corrected chi connectivity index (χ1v) is 8.57. The van der Waals surface area contributed by atoms with E-state index in [1.807, 2.05) is 0 Å². The maximum atomic E-state index is 13.8. The molecule has 1 atom stereocenters. The van der Waals surface area contributed by atoms with Crippen molar-refractivity contribution in [2.75, 3.05) is 0 Å². The molecule has 1 unspecified atom stereocenters. The molecular formula is C20H21F2N3O2. The summed E-state index contributed by atoms with van der Waals surface area (Å²) in [4.78, 5) is 16.6. The van der Waals surface area contributed by atoms with Crippen LogP contribution >= 0.6 is 0 Å². The van der Waals surface area contributed by atoms with Crippen molar-refractivity contribution in [1.29, 1.82) is 0 Å². The van der Waals surface area contributed by atoms with Crippen LogP contribution in [0.2, 0.25) is 0 Å². The Morgan fingerprint density at radius 1 is 1.15 bits per heavy atom. The average Bonchev–Trinajstić information content (AvgIpc) is 2.91. The van der Waals surface area contributed by atoms with Gasteiger partial charge in [0.1, 0.15) is 23.1 Å². The number of hydrogen-bond acceptors (Lipinski definition) is 3. The zero-order chi connectivity index (χ0) is 19.8. The van der Waals surface area contributed by atoms with Gasteiger partial charge in [-0.1, -0.05) is 6.07 Å². The van der Waals surface area contributed by atoms with Crippen LogP contribution in [-0.2, 0) is 4.74 Å². The number of carbonyl (C=O) groups excluding carboxylic acids is 1. The molecule has 0 bridgehead atoms. The van der Waals surface area contributed by atoms with Gasteiger partial charge in [0.05, 0.1) is 22.8 Å². The number of amides is 1. The lowest BCUT2D eigenvalue weighted by molar-refractivity contribution is 0.0505. The quantitative estimate of drug-likeness (QED) is 0.711. The number of halogens is 2. The summed E-state index contributed by atoms with van der Waals surface area (Å²) in [6, 6.07) is 9.53. The summed E-state index contributed by atoms with van der Waals surface area (Å²) in [6.07, 6.45) is -0.598. The molecule has 3 rings (SSSR count). The van der Waals surface area contributed by atoms with Gasteiger partial charge in [0.15, 0.2) is 0 Å². The van der Waals surface area contributed by atoms with E-state index in [0.717, 1.165) is 0 Å². The molecule has 1 N–H and O–H groups in total.